The van der Waals surface area contributed by atoms with Crippen molar-refractivity contribution in [1.29, 1.82) is 0 Å². The number of carbonyl (C=O) groups is 1. The number of aliphatic hydroxyl groups excluding tert-OH is 1. The minimum atomic E-state index is -1.46. The highest BCUT2D eigenvalue weighted by molar-refractivity contribution is 5.87. The second-order valence-corrected chi connectivity index (χ2v) is 6.85. The molecule has 2 rings (SSSR count). The molecule has 0 aromatic rings. The zero-order valence-electron chi connectivity index (χ0n) is 12.6. The molecule has 4 atom stereocenters. The Labute approximate surface area is 120 Å². The molecule has 2 fully saturated rings. The quantitative estimate of drug-likeness (QED) is 0.811. The molecule has 20 heavy (non-hydrogen) atoms. The Morgan fingerprint density at radius 1 is 1.50 bits per heavy atom. The Morgan fingerprint density at radius 2 is 2.15 bits per heavy atom. The fraction of sp³-hybridized carbons (Fsp3) is 0.812. The predicted octanol–water partition coefficient (Wildman–Crippen LogP) is 2.67. The summed E-state index contributed by atoms with van der Waals surface area (Å²) in [4.78, 5) is 12.5. The minimum Gasteiger partial charge on any atom is -0.392 e. The van der Waals surface area contributed by atoms with E-state index in [1.165, 1.54) is 13.8 Å². The molecule has 0 saturated heterocycles. The molecule has 0 unspecified atom stereocenters. The van der Waals surface area contributed by atoms with Crippen molar-refractivity contribution in [3.8, 4) is 0 Å². The van der Waals surface area contributed by atoms with Crippen molar-refractivity contribution in [3.05, 3.63) is 12.2 Å². The third-order valence-electron chi connectivity index (χ3n) is 5.20. The molecular weight excluding hydrogens is 259 g/mol. The van der Waals surface area contributed by atoms with Crippen molar-refractivity contribution in [1.82, 2.24) is 0 Å². The van der Waals surface area contributed by atoms with Gasteiger partial charge in [-0.2, -0.15) is 0 Å². The summed E-state index contributed by atoms with van der Waals surface area (Å²) >= 11 is 0. The van der Waals surface area contributed by atoms with Gasteiger partial charge in [0, 0.05) is 25.4 Å². The van der Waals surface area contributed by atoms with Crippen LogP contribution in [-0.4, -0.2) is 36.4 Å². The number of fused-ring (bicyclic) bond motifs is 1. The van der Waals surface area contributed by atoms with E-state index in [4.69, 9.17) is 4.74 Å². The largest absolute Gasteiger partial charge is 0.392 e. The second kappa shape index (κ2) is 5.23. The first-order chi connectivity index (χ1) is 9.24. The van der Waals surface area contributed by atoms with Gasteiger partial charge >= 0.3 is 0 Å². The SMILES string of the molecule is C=C1CCC(=O)[C@]2(COC)CC[C@@H](C(C)(C)F)[C@@H](O)[C@@H]12. The maximum Gasteiger partial charge on any atom is 0.142 e. The van der Waals surface area contributed by atoms with Crippen LogP contribution >= 0.6 is 0 Å². The van der Waals surface area contributed by atoms with Crippen molar-refractivity contribution in [2.45, 2.75) is 51.3 Å². The van der Waals surface area contributed by atoms with Crippen LogP contribution in [0.3, 0.4) is 0 Å². The number of hydrogen-bond acceptors (Lipinski definition) is 3. The summed E-state index contributed by atoms with van der Waals surface area (Å²) in [5.74, 6) is -0.705. The maximum atomic E-state index is 14.3. The van der Waals surface area contributed by atoms with Crippen LogP contribution in [0, 0.1) is 17.3 Å². The number of ether oxygens (including phenoxy) is 1. The van der Waals surface area contributed by atoms with Crippen molar-refractivity contribution in [2.75, 3.05) is 13.7 Å². The van der Waals surface area contributed by atoms with Crippen LogP contribution < -0.4 is 0 Å². The molecule has 0 heterocycles. The summed E-state index contributed by atoms with van der Waals surface area (Å²) in [6, 6.07) is 0. The highest BCUT2D eigenvalue weighted by atomic mass is 19.1. The zero-order chi connectivity index (χ0) is 15.1. The molecule has 4 heteroatoms. The van der Waals surface area contributed by atoms with Gasteiger partial charge in [0.25, 0.3) is 0 Å². The van der Waals surface area contributed by atoms with Gasteiger partial charge in [0.1, 0.15) is 11.5 Å². The van der Waals surface area contributed by atoms with E-state index in [9.17, 15) is 14.3 Å². The van der Waals surface area contributed by atoms with Crippen LogP contribution in [0.15, 0.2) is 12.2 Å². The van der Waals surface area contributed by atoms with Crippen LogP contribution in [0.2, 0.25) is 0 Å². The summed E-state index contributed by atoms with van der Waals surface area (Å²) in [6.07, 6.45) is 1.25. The number of carbonyl (C=O) groups excluding carboxylic acids is 1. The molecule has 0 spiro atoms. The van der Waals surface area contributed by atoms with Gasteiger partial charge in [0.2, 0.25) is 0 Å². The highest BCUT2D eigenvalue weighted by Crippen LogP contribution is 2.54. The van der Waals surface area contributed by atoms with Crippen LogP contribution in [0.25, 0.3) is 0 Å². The first-order valence-corrected chi connectivity index (χ1v) is 7.31. The first kappa shape index (κ1) is 15.6. The Balaban J connectivity index is 2.39. The number of hydrogen-bond donors (Lipinski definition) is 1. The summed E-state index contributed by atoms with van der Waals surface area (Å²) in [6.45, 7) is 7.32. The van der Waals surface area contributed by atoms with Gasteiger partial charge in [-0.1, -0.05) is 12.2 Å². The number of methoxy groups -OCH3 is 1. The molecule has 0 aromatic carbocycles. The number of aliphatic hydroxyl groups is 1. The van der Waals surface area contributed by atoms with Crippen molar-refractivity contribution in [3.63, 3.8) is 0 Å². The summed E-state index contributed by atoms with van der Waals surface area (Å²) in [5.41, 5.74) is -1.30. The molecule has 2 aliphatic rings. The van der Waals surface area contributed by atoms with Crippen LogP contribution in [0.5, 0.6) is 0 Å². The third-order valence-corrected chi connectivity index (χ3v) is 5.20. The lowest BCUT2D eigenvalue weighted by molar-refractivity contribution is -0.157. The maximum absolute atomic E-state index is 14.3. The first-order valence-electron chi connectivity index (χ1n) is 7.31. The second-order valence-electron chi connectivity index (χ2n) is 6.85. The Morgan fingerprint density at radius 3 is 2.70 bits per heavy atom. The molecule has 1 N–H and O–H groups in total. The summed E-state index contributed by atoms with van der Waals surface area (Å²) < 4.78 is 19.6. The Kier molecular flexibility index (Phi) is 4.09. The lowest BCUT2D eigenvalue weighted by Crippen LogP contribution is -2.58. The monoisotopic (exact) mass is 284 g/mol. The third kappa shape index (κ3) is 2.33. The van der Waals surface area contributed by atoms with Crippen LogP contribution in [0.4, 0.5) is 4.39 Å². The zero-order valence-corrected chi connectivity index (χ0v) is 12.6. The van der Waals surface area contributed by atoms with Crippen molar-refractivity contribution < 1.29 is 19.0 Å². The topological polar surface area (TPSA) is 46.5 Å². The lowest BCUT2D eigenvalue weighted by Gasteiger charge is -2.53. The van der Waals surface area contributed by atoms with E-state index < -0.39 is 23.1 Å². The van der Waals surface area contributed by atoms with Gasteiger partial charge in [-0.15, -0.1) is 0 Å². The molecule has 2 aliphatic carbocycles. The van der Waals surface area contributed by atoms with Crippen molar-refractivity contribution >= 4 is 5.78 Å². The summed E-state index contributed by atoms with van der Waals surface area (Å²) in [7, 11) is 1.56. The highest BCUT2D eigenvalue weighted by Gasteiger charge is 2.58. The molecule has 114 valence electrons. The van der Waals surface area contributed by atoms with E-state index in [-0.39, 0.29) is 18.3 Å². The molecule has 0 aliphatic heterocycles. The normalized spacial score (nSPS) is 38.8. The van der Waals surface area contributed by atoms with E-state index in [1.807, 2.05) is 0 Å². The number of ketones is 1. The van der Waals surface area contributed by atoms with Gasteiger partial charge in [-0.3, -0.25) is 4.79 Å². The van der Waals surface area contributed by atoms with E-state index >= 15 is 0 Å². The number of alkyl halides is 1. The van der Waals surface area contributed by atoms with E-state index in [0.717, 1.165) is 5.57 Å². The molecule has 0 bridgehead atoms. The van der Waals surface area contributed by atoms with Gasteiger partial charge in [-0.05, 0) is 33.1 Å². The molecule has 3 nitrogen and oxygen atoms in total. The van der Waals surface area contributed by atoms with Crippen LogP contribution in [-0.2, 0) is 9.53 Å². The van der Waals surface area contributed by atoms with Gasteiger partial charge in [-0.25, -0.2) is 4.39 Å². The number of rotatable bonds is 3. The molecule has 2 saturated carbocycles. The minimum absolute atomic E-state index is 0.130. The number of halogens is 1. The summed E-state index contributed by atoms with van der Waals surface area (Å²) in [5, 5.41) is 10.7. The van der Waals surface area contributed by atoms with Gasteiger partial charge in [0.05, 0.1) is 18.1 Å². The number of Topliss-reactive ketones (excluding diaryl/α,β-unsaturated/α-hetero) is 1. The smallest absolute Gasteiger partial charge is 0.142 e. The molecular formula is C16H25FO3. The van der Waals surface area contributed by atoms with E-state index in [2.05, 4.69) is 6.58 Å². The van der Waals surface area contributed by atoms with Crippen LogP contribution in [0.1, 0.15) is 39.5 Å². The standard InChI is InChI=1S/C16H25FO3/c1-10-5-6-12(18)16(9-20-4)8-7-11(15(2,3)17)14(19)13(10)16/h11,13-14,19H,1,5-9H2,2-4H3/t11-,13-,14-,16-/m1/s1. The lowest BCUT2D eigenvalue weighted by atomic mass is 9.53. The van der Waals surface area contributed by atoms with E-state index in [0.29, 0.717) is 25.7 Å². The Hall–Kier alpha value is -0.740. The fourth-order valence-corrected chi connectivity index (χ4v) is 4.17. The average Bonchev–Trinajstić information content (AvgIpc) is 2.33. The molecule has 0 amide bonds. The van der Waals surface area contributed by atoms with Crippen molar-refractivity contribution in [2.24, 2.45) is 17.3 Å². The molecule has 0 radical (unpaired) electrons. The predicted molar refractivity (Wildman–Crippen MR) is 75.1 cm³/mol. The van der Waals surface area contributed by atoms with Gasteiger partial charge in [0.15, 0.2) is 0 Å². The molecule has 0 aromatic heterocycles. The van der Waals surface area contributed by atoms with E-state index in [1.54, 1.807) is 7.11 Å². The fourth-order valence-electron chi connectivity index (χ4n) is 4.17. The average molecular weight is 284 g/mol. The Bertz CT molecular complexity index is 412. The van der Waals surface area contributed by atoms with Gasteiger partial charge < -0.3 is 9.84 Å².